The number of thiazole rings is 1. The van der Waals surface area contributed by atoms with E-state index in [1.54, 1.807) is 6.92 Å². The minimum Gasteiger partial charge on any atom is -0.494 e. The maximum Gasteiger partial charge on any atom is 0.238 e. The fraction of sp³-hybridized carbons (Fsp3) is 0.222. The molecule has 0 aliphatic heterocycles. The zero-order valence-electron chi connectivity index (χ0n) is 15.2. The average molecular weight is 438 g/mol. The molecule has 0 aliphatic rings. The van der Waals surface area contributed by atoms with E-state index in [2.05, 4.69) is 10.3 Å². The minimum absolute atomic E-state index is 0.00572. The molecule has 0 saturated carbocycles. The Hall–Kier alpha value is -2.14. The van der Waals surface area contributed by atoms with E-state index in [0.717, 1.165) is 20.3 Å². The van der Waals surface area contributed by atoms with E-state index in [9.17, 15) is 13.2 Å². The number of hydrogen-bond donors (Lipinski definition) is 2. The predicted molar refractivity (Wildman–Crippen MR) is 113 cm³/mol. The van der Waals surface area contributed by atoms with Crippen LogP contribution < -0.4 is 15.2 Å². The Morgan fingerprint density at radius 3 is 2.64 bits per heavy atom. The predicted octanol–water partition coefficient (Wildman–Crippen LogP) is 3.46. The van der Waals surface area contributed by atoms with Crippen LogP contribution >= 0.6 is 23.1 Å². The molecule has 10 heteroatoms. The van der Waals surface area contributed by atoms with E-state index in [0.29, 0.717) is 12.3 Å². The summed E-state index contributed by atoms with van der Waals surface area (Å²) in [5.74, 6) is 0.589. The van der Waals surface area contributed by atoms with Gasteiger partial charge in [-0.05, 0) is 56.3 Å². The summed E-state index contributed by atoms with van der Waals surface area (Å²) >= 11 is 2.87. The third-order valence-electron chi connectivity index (χ3n) is 3.75. The largest absolute Gasteiger partial charge is 0.494 e. The number of rotatable bonds is 7. The first-order chi connectivity index (χ1) is 13.3. The summed E-state index contributed by atoms with van der Waals surface area (Å²) in [6, 6.07) is 11.4. The summed E-state index contributed by atoms with van der Waals surface area (Å²) in [4.78, 5) is 17.0. The van der Waals surface area contributed by atoms with Gasteiger partial charge in [-0.3, -0.25) is 4.79 Å². The smallest absolute Gasteiger partial charge is 0.238 e. The number of sulfonamides is 1. The van der Waals surface area contributed by atoms with E-state index >= 15 is 0 Å². The van der Waals surface area contributed by atoms with Crippen LogP contribution in [0, 0.1) is 0 Å². The molecule has 1 aromatic heterocycles. The van der Waals surface area contributed by atoms with Gasteiger partial charge in [-0.25, -0.2) is 18.5 Å². The van der Waals surface area contributed by atoms with E-state index in [1.165, 1.54) is 47.4 Å². The molecule has 1 unspecified atom stereocenters. The van der Waals surface area contributed by atoms with Crippen LogP contribution in [0.5, 0.6) is 5.75 Å². The number of thioether (sulfide) groups is 1. The molecule has 3 N–H and O–H groups in total. The minimum atomic E-state index is -3.76. The molecule has 148 valence electrons. The third kappa shape index (κ3) is 5.02. The third-order valence-corrected chi connectivity index (χ3v) is 6.89. The zero-order valence-corrected chi connectivity index (χ0v) is 17.7. The number of primary sulfonamides is 1. The van der Waals surface area contributed by atoms with Crippen LogP contribution in [-0.2, 0) is 14.8 Å². The van der Waals surface area contributed by atoms with Crippen LogP contribution in [0.1, 0.15) is 13.8 Å². The second kappa shape index (κ2) is 8.48. The lowest BCUT2D eigenvalue weighted by Gasteiger charge is -2.10. The van der Waals surface area contributed by atoms with Crippen LogP contribution in [0.25, 0.3) is 10.2 Å². The highest BCUT2D eigenvalue weighted by molar-refractivity contribution is 8.02. The number of amides is 1. The molecule has 28 heavy (non-hydrogen) atoms. The van der Waals surface area contributed by atoms with Gasteiger partial charge in [0.05, 0.1) is 27.0 Å². The Morgan fingerprint density at radius 1 is 1.29 bits per heavy atom. The SMILES string of the molecule is CCOc1ccc2nc(SC(C)C(=O)Nc3ccc(S(N)(=O)=O)cc3)sc2c1. The summed E-state index contributed by atoms with van der Waals surface area (Å²) in [5, 5.41) is 7.45. The molecule has 1 amide bonds. The molecule has 3 rings (SSSR count). The Labute approximate surface area is 171 Å². The molecular weight excluding hydrogens is 418 g/mol. The lowest BCUT2D eigenvalue weighted by atomic mass is 10.3. The number of benzene rings is 2. The molecule has 0 saturated heterocycles. The van der Waals surface area contributed by atoms with Gasteiger partial charge in [0, 0.05) is 5.69 Å². The highest BCUT2D eigenvalue weighted by Gasteiger charge is 2.18. The van der Waals surface area contributed by atoms with Crippen molar-refractivity contribution in [3.05, 3.63) is 42.5 Å². The number of nitrogens with zero attached hydrogens (tertiary/aromatic N) is 1. The quantitative estimate of drug-likeness (QED) is 0.548. The van der Waals surface area contributed by atoms with Crippen molar-refractivity contribution in [3.8, 4) is 5.75 Å². The molecule has 7 nitrogen and oxygen atoms in total. The van der Waals surface area contributed by atoms with Gasteiger partial charge in [0.2, 0.25) is 15.9 Å². The number of anilines is 1. The van der Waals surface area contributed by atoms with Crippen molar-refractivity contribution < 1.29 is 17.9 Å². The van der Waals surface area contributed by atoms with Gasteiger partial charge in [-0.15, -0.1) is 11.3 Å². The number of carbonyl (C=O) groups excluding carboxylic acids is 1. The van der Waals surface area contributed by atoms with Crippen molar-refractivity contribution >= 4 is 54.9 Å². The van der Waals surface area contributed by atoms with E-state index in [4.69, 9.17) is 9.88 Å². The average Bonchev–Trinajstić information content (AvgIpc) is 3.03. The molecular formula is C18H19N3O4S3. The zero-order chi connectivity index (χ0) is 20.3. The fourth-order valence-electron chi connectivity index (χ4n) is 2.37. The molecule has 1 heterocycles. The van der Waals surface area contributed by atoms with Crippen molar-refractivity contribution in [2.24, 2.45) is 5.14 Å². The summed E-state index contributed by atoms with van der Waals surface area (Å²) < 4.78 is 29.9. The van der Waals surface area contributed by atoms with E-state index in [1.807, 2.05) is 25.1 Å². The topological polar surface area (TPSA) is 111 Å². The Balaban J connectivity index is 1.66. The lowest BCUT2D eigenvalue weighted by Crippen LogP contribution is -2.22. The molecule has 1 atom stereocenters. The molecule has 0 spiro atoms. The summed E-state index contributed by atoms with van der Waals surface area (Å²) in [7, 11) is -3.76. The van der Waals surface area contributed by atoms with E-state index in [-0.39, 0.29) is 16.1 Å². The van der Waals surface area contributed by atoms with Crippen LogP contribution in [0.2, 0.25) is 0 Å². The van der Waals surface area contributed by atoms with Gasteiger partial charge in [0.15, 0.2) is 4.34 Å². The molecule has 2 aromatic carbocycles. The maximum absolute atomic E-state index is 12.4. The van der Waals surface area contributed by atoms with Crippen molar-refractivity contribution in [1.82, 2.24) is 4.98 Å². The molecule has 0 radical (unpaired) electrons. The van der Waals surface area contributed by atoms with Crippen LogP contribution in [-0.4, -0.2) is 31.2 Å². The van der Waals surface area contributed by atoms with Crippen molar-refractivity contribution in [2.45, 2.75) is 28.3 Å². The Kier molecular flexibility index (Phi) is 6.23. The standard InChI is InChI=1S/C18H19N3O4S3/c1-3-25-13-6-9-15-16(10-13)27-18(21-15)26-11(2)17(22)20-12-4-7-14(8-5-12)28(19,23)24/h4-11H,3H2,1-2H3,(H,20,22)(H2,19,23,24). The normalized spacial score (nSPS) is 12.7. The lowest BCUT2D eigenvalue weighted by molar-refractivity contribution is -0.115. The van der Waals surface area contributed by atoms with Gasteiger partial charge in [0.1, 0.15) is 5.75 Å². The number of hydrogen-bond acceptors (Lipinski definition) is 7. The summed E-state index contributed by atoms with van der Waals surface area (Å²) in [5.41, 5.74) is 1.36. The monoisotopic (exact) mass is 437 g/mol. The number of carbonyl (C=O) groups is 1. The number of ether oxygens (including phenoxy) is 1. The van der Waals surface area contributed by atoms with Gasteiger partial charge >= 0.3 is 0 Å². The maximum atomic E-state index is 12.4. The van der Waals surface area contributed by atoms with Crippen molar-refractivity contribution in [1.29, 1.82) is 0 Å². The fourth-order valence-corrected chi connectivity index (χ4v) is 5.12. The Bertz CT molecular complexity index is 1090. The number of nitrogens with two attached hydrogens (primary N) is 1. The molecule has 3 aromatic rings. The first-order valence-corrected chi connectivity index (χ1v) is 11.6. The summed E-state index contributed by atoms with van der Waals surface area (Å²) in [6.45, 7) is 4.32. The van der Waals surface area contributed by atoms with Crippen LogP contribution in [0.3, 0.4) is 0 Å². The highest BCUT2D eigenvalue weighted by Crippen LogP contribution is 2.34. The summed E-state index contributed by atoms with van der Waals surface area (Å²) in [6.07, 6.45) is 0. The van der Waals surface area contributed by atoms with Gasteiger partial charge in [0.25, 0.3) is 0 Å². The number of nitrogens with one attached hydrogen (secondary N) is 1. The first kappa shape index (κ1) is 20.6. The molecule has 0 bridgehead atoms. The Morgan fingerprint density at radius 2 is 2.00 bits per heavy atom. The van der Waals surface area contributed by atoms with Gasteiger partial charge in [-0.2, -0.15) is 0 Å². The van der Waals surface area contributed by atoms with Crippen LogP contribution in [0.15, 0.2) is 51.7 Å². The second-order valence-corrected chi connectivity index (χ2v) is 10.0. The van der Waals surface area contributed by atoms with Crippen molar-refractivity contribution in [3.63, 3.8) is 0 Å². The van der Waals surface area contributed by atoms with Gasteiger partial charge < -0.3 is 10.1 Å². The number of fused-ring (bicyclic) bond motifs is 1. The molecule has 0 fully saturated rings. The van der Waals surface area contributed by atoms with Crippen molar-refractivity contribution in [2.75, 3.05) is 11.9 Å². The first-order valence-electron chi connectivity index (χ1n) is 8.40. The van der Waals surface area contributed by atoms with E-state index < -0.39 is 10.0 Å². The second-order valence-electron chi connectivity index (χ2n) is 5.86. The van der Waals surface area contributed by atoms with Gasteiger partial charge in [-0.1, -0.05) is 11.8 Å². The highest BCUT2D eigenvalue weighted by atomic mass is 32.2. The van der Waals surface area contributed by atoms with Crippen LogP contribution in [0.4, 0.5) is 5.69 Å². The number of aromatic nitrogens is 1. The molecule has 0 aliphatic carbocycles.